The van der Waals surface area contributed by atoms with Crippen LogP contribution in [0.25, 0.3) is 10.8 Å². The van der Waals surface area contributed by atoms with Crippen molar-refractivity contribution in [2.24, 2.45) is 0 Å². The van der Waals surface area contributed by atoms with Gasteiger partial charge in [0.15, 0.2) is 0 Å². The number of hydrogen-bond donors (Lipinski definition) is 1. The van der Waals surface area contributed by atoms with Gasteiger partial charge in [0.25, 0.3) is 0 Å². The van der Waals surface area contributed by atoms with E-state index in [1.165, 1.54) is 10.9 Å². The first-order chi connectivity index (χ1) is 18.1. The number of halogens is 1. The number of benzene rings is 2. The van der Waals surface area contributed by atoms with E-state index in [9.17, 15) is 4.39 Å². The Morgan fingerprint density at radius 1 is 1.08 bits per heavy atom. The van der Waals surface area contributed by atoms with Gasteiger partial charge in [-0.1, -0.05) is 24.3 Å². The number of rotatable bonds is 6. The quantitative estimate of drug-likeness (QED) is 0.548. The van der Waals surface area contributed by atoms with E-state index in [1.54, 1.807) is 7.11 Å². The highest BCUT2D eigenvalue weighted by molar-refractivity contribution is 5.95. The Morgan fingerprint density at radius 3 is 2.70 bits per heavy atom. The van der Waals surface area contributed by atoms with Crippen LogP contribution in [0.15, 0.2) is 36.4 Å². The van der Waals surface area contributed by atoms with Gasteiger partial charge in [-0.25, -0.2) is 4.39 Å². The highest BCUT2D eigenvalue weighted by Gasteiger charge is 2.31. The fraction of sp³-hybridized carbons (Fsp3) is 0.500. The molecule has 4 heterocycles. The largest absolute Gasteiger partial charge is 0.497 e. The van der Waals surface area contributed by atoms with Crippen molar-refractivity contribution in [1.29, 1.82) is 0 Å². The summed E-state index contributed by atoms with van der Waals surface area (Å²) in [5.41, 5.74) is 3.35. The van der Waals surface area contributed by atoms with Crippen LogP contribution in [0.1, 0.15) is 17.7 Å². The number of methoxy groups -OCH3 is 1. The number of likely N-dealkylation sites (tertiary alicyclic amines) is 1. The molecule has 9 heteroatoms. The minimum atomic E-state index is -0.800. The smallest absolute Gasteiger partial charge is 0.318 e. The fourth-order valence-electron chi connectivity index (χ4n) is 5.82. The Labute approximate surface area is 217 Å². The summed E-state index contributed by atoms with van der Waals surface area (Å²) in [6.07, 6.45) is 0.545. The van der Waals surface area contributed by atoms with Gasteiger partial charge >= 0.3 is 6.01 Å². The lowest BCUT2D eigenvalue weighted by Crippen LogP contribution is -2.45. The molecule has 3 aliphatic heterocycles. The molecule has 0 amide bonds. The molecule has 0 bridgehead atoms. The van der Waals surface area contributed by atoms with Crippen LogP contribution in [0.4, 0.5) is 15.9 Å². The van der Waals surface area contributed by atoms with E-state index < -0.39 is 6.17 Å². The Morgan fingerprint density at radius 2 is 1.92 bits per heavy atom. The minimum absolute atomic E-state index is 0.0388. The molecule has 196 valence electrons. The van der Waals surface area contributed by atoms with Gasteiger partial charge in [-0.15, -0.1) is 0 Å². The topological polar surface area (TPSA) is 66.0 Å². The van der Waals surface area contributed by atoms with Crippen molar-refractivity contribution >= 4 is 22.3 Å². The van der Waals surface area contributed by atoms with E-state index in [0.29, 0.717) is 32.1 Å². The molecular formula is C28H35FN6O2. The van der Waals surface area contributed by atoms with E-state index in [4.69, 9.17) is 19.4 Å². The van der Waals surface area contributed by atoms with Gasteiger partial charge in [0.1, 0.15) is 24.3 Å². The fourth-order valence-corrected chi connectivity index (χ4v) is 5.82. The number of nitrogens with zero attached hydrogens (tertiary/aromatic N) is 5. The number of alkyl halides is 1. The molecule has 1 unspecified atom stereocenters. The number of hydrogen-bond acceptors (Lipinski definition) is 8. The molecule has 0 saturated carbocycles. The van der Waals surface area contributed by atoms with Gasteiger partial charge in [0.05, 0.1) is 19.3 Å². The van der Waals surface area contributed by atoms with E-state index in [2.05, 4.69) is 51.5 Å². The molecule has 2 aromatic carbocycles. The maximum Gasteiger partial charge on any atom is 0.318 e. The Hall–Kier alpha value is -3.17. The van der Waals surface area contributed by atoms with Gasteiger partial charge in [-0.2, -0.15) is 9.97 Å². The SMILES string of the molecule is COc1cc(N2CCc3c(nc(OCC4C[C@@H](F)CN4C)nc3N3CCNCC3)C2)c2ccccc2c1. The van der Waals surface area contributed by atoms with Gasteiger partial charge < -0.3 is 24.6 Å². The maximum absolute atomic E-state index is 13.9. The van der Waals surface area contributed by atoms with Crippen LogP contribution in [-0.2, 0) is 13.0 Å². The lowest BCUT2D eigenvalue weighted by atomic mass is 10.0. The van der Waals surface area contributed by atoms with Crippen molar-refractivity contribution < 1.29 is 13.9 Å². The average Bonchev–Trinajstić information content (AvgIpc) is 3.27. The molecule has 0 aliphatic carbocycles. The van der Waals surface area contributed by atoms with Gasteiger partial charge in [-0.3, -0.25) is 4.90 Å². The average molecular weight is 507 g/mol. The zero-order chi connectivity index (χ0) is 25.4. The first kappa shape index (κ1) is 24.2. The molecule has 3 aliphatic rings. The normalized spacial score (nSPS) is 22.4. The van der Waals surface area contributed by atoms with Crippen molar-refractivity contribution in [3.63, 3.8) is 0 Å². The van der Waals surface area contributed by atoms with Crippen molar-refractivity contribution in [2.75, 3.05) is 69.8 Å². The third-order valence-corrected chi connectivity index (χ3v) is 7.87. The molecule has 8 nitrogen and oxygen atoms in total. The molecule has 3 aromatic rings. The lowest BCUT2D eigenvalue weighted by Gasteiger charge is -2.35. The van der Waals surface area contributed by atoms with Crippen molar-refractivity contribution in [3.05, 3.63) is 47.7 Å². The predicted octanol–water partition coefficient (Wildman–Crippen LogP) is 3.03. The molecule has 37 heavy (non-hydrogen) atoms. The molecule has 1 aromatic heterocycles. The molecular weight excluding hydrogens is 471 g/mol. The summed E-state index contributed by atoms with van der Waals surface area (Å²) in [6, 6.07) is 13.0. The number of anilines is 2. The van der Waals surface area contributed by atoms with Gasteiger partial charge in [0, 0.05) is 68.0 Å². The molecule has 0 radical (unpaired) electrons. The number of aromatic nitrogens is 2. The van der Waals surface area contributed by atoms with Crippen LogP contribution in [0.3, 0.4) is 0 Å². The Bertz CT molecular complexity index is 1270. The standard InChI is InChI=1S/C28H35FN6O2/c1-33-16-20(29)14-21(33)18-37-28-31-25-17-35(10-7-24(25)27(32-28)34-11-8-30-9-12-34)26-15-22(36-2)13-19-5-3-4-6-23(19)26/h3-6,13,15,20-21,30H,7-12,14,16-18H2,1-2H3/t20-,21?/m1/s1. The van der Waals surface area contributed by atoms with Crippen LogP contribution in [0, 0.1) is 0 Å². The summed E-state index contributed by atoms with van der Waals surface area (Å²) in [5, 5.41) is 5.78. The highest BCUT2D eigenvalue weighted by atomic mass is 19.1. The number of likely N-dealkylation sites (N-methyl/N-ethyl adjacent to an activating group) is 1. The third-order valence-electron chi connectivity index (χ3n) is 7.87. The zero-order valence-electron chi connectivity index (χ0n) is 21.6. The first-order valence-electron chi connectivity index (χ1n) is 13.2. The number of ether oxygens (including phenoxy) is 2. The number of nitrogens with one attached hydrogen (secondary N) is 1. The molecule has 0 spiro atoms. The first-order valence-corrected chi connectivity index (χ1v) is 13.2. The molecule has 2 saturated heterocycles. The van der Waals surface area contributed by atoms with Gasteiger partial charge in [0.2, 0.25) is 0 Å². The van der Waals surface area contributed by atoms with E-state index in [-0.39, 0.29) is 6.04 Å². The van der Waals surface area contributed by atoms with Crippen LogP contribution in [0.5, 0.6) is 11.8 Å². The van der Waals surface area contributed by atoms with Crippen LogP contribution in [0.2, 0.25) is 0 Å². The van der Waals surface area contributed by atoms with Gasteiger partial charge in [-0.05, 0) is 31.3 Å². The predicted molar refractivity (Wildman–Crippen MR) is 144 cm³/mol. The highest BCUT2D eigenvalue weighted by Crippen LogP contribution is 2.36. The Balaban J connectivity index is 1.33. The maximum atomic E-state index is 13.9. The second kappa shape index (κ2) is 10.3. The van der Waals surface area contributed by atoms with E-state index >= 15 is 0 Å². The van der Waals surface area contributed by atoms with Crippen LogP contribution < -0.4 is 24.6 Å². The summed E-state index contributed by atoms with van der Waals surface area (Å²) in [5.74, 6) is 1.83. The summed E-state index contributed by atoms with van der Waals surface area (Å²) >= 11 is 0. The van der Waals surface area contributed by atoms with Crippen molar-refractivity contribution in [2.45, 2.75) is 31.6 Å². The monoisotopic (exact) mass is 506 g/mol. The number of fused-ring (bicyclic) bond motifs is 2. The van der Waals surface area contributed by atoms with Crippen molar-refractivity contribution in [3.8, 4) is 11.8 Å². The molecule has 2 fully saturated rings. The summed E-state index contributed by atoms with van der Waals surface area (Å²) in [6.45, 7) is 6.06. The van der Waals surface area contributed by atoms with Crippen LogP contribution in [-0.4, -0.2) is 87.1 Å². The third kappa shape index (κ3) is 4.90. The van der Waals surface area contributed by atoms with E-state index in [0.717, 1.165) is 67.5 Å². The molecule has 6 rings (SSSR count). The Kier molecular flexibility index (Phi) is 6.73. The number of piperazine rings is 1. The molecule has 1 N–H and O–H groups in total. The zero-order valence-corrected chi connectivity index (χ0v) is 21.6. The van der Waals surface area contributed by atoms with Crippen molar-refractivity contribution in [1.82, 2.24) is 20.2 Å². The summed E-state index contributed by atoms with van der Waals surface area (Å²) < 4.78 is 25.7. The van der Waals surface area contributed by atoms with E-state index in [1.807, 2.05) is 11.9 Å². The van der Waals surface area contributed by atoms with Crippen LogP contribution >= 0.6 is 0 Å². The molecule has 2 atom stereocenters. The second-order valence-corrected chi connectivity index (χ2v) is 10.3. The minimum Gasteiger partial charge on any atom is -0.497 e. The lowest BCUT2D eigenvalue weighted by molar-refractivity contribution is 0.187. The summed E-state index contributed by atoms with van der Waals surface area (Å²) in [7, 11) is 3.66. The summed E-state index contributed by atoms with van der Waals surface area (Å²) in [4.78, 5) is 16.6. The second-order valence-electron chi connectivity index (χ2n) is 10.3.